The molecule has 0 aliphatic heterocycles. The lowest BCUT2D eigenvalue weighted by Gasteiger charge is -2.43. The largest absolute Gasteiger partial charge is 0.445 e. The summed E-state index contributed by atoms with van der Waals surface area (Å²) in [6, 6.07) is 20.3. The van der Waals surface area contributed by atoms with Gasteiger partial charge in [-0.25, -0.2) is 0 Å². The van der Waals surface area contributed by atoms with Crippen molar-refractivity contribution in [2.45, 2.75) is 39.3 Å². The summed E-state index contributed by atoms with van der Waals surface area (Å²) in [5.41, 5.74) is 0. The number of hydrogen-bond donors (Lipinski definition) is 0. The Kier molecular flexibility index (Phi) is 7.00. The van der Waals surface area contributed by atoms with Crippen molar-refractivity contribution in [2.24, 2.45) is 0 Å². The molecule has 0 N–H and O–H groups in total. The summed E-state index contributed by atoms with van der Waals surface area (Å²) in [7, 11) is 2.37. The molecule has 9 heteroatoms. The van der Waals surface area contributed by atoms with Gasteiger partial charge in [0, 0.05) is 0 Å². The van der Waals surface area contributed by atoms with Crippen LogP contribution in [0.2, 0.25) is 39.3 Å². The Morgan fingerprint density at radius 1 is 0.556 bits per heavy atom. The van der Waals surface area contributed by atoms with Crippen LogP contribution in [0.25, 0.3) is 0 Å². The highest BCUT2D eigenvalue weighted by Crippen LogP contribution is 2.23. The van der Waals surface area contributed by atoms with Gasteiger partial charge in [-0.2, -0.15) is 0 Å². The third-order valence-electron chi connectivity index (χ3n) is 3.61. The molecular weight excluding hydrogens is 398 g/mol. The van der Waals surface area contributed by atoms with Gasteiger partial charge in [0.2, 0.25) is 0 Å². The molecule has 0 aliphatic carbocycles. The first-order valence-corrected chi connectivity index (χ1v) is 19.7. The van der Waals surface area contributed by atoms with Crippen LogP contribution < -0.4 is 10.4 Å². The molecule has 0 atom stereocenters. The van der Waals surface area contributed by atoms with E-state index in [1.165, 1.54) is 0 Å². The second-order valence-corrected chi connectivity index (χ2v) is 22.3. The molecule has 0 unspecified atom stereocenters. The molecular formula is C18H28B2O3Si4. The molecule has 0 spiro atoms. The summed E-state index contributed by atoms with van der Waals surface area (Å²) >= 11 is 0. The summed E-state index contributed by atoms with van der Waals surface area (Å²) in [6.07, 6.45) is 0. The Hall–Kier alpha value is -0.683. The first-order chi connectivity index (χ1) is 12.3. The second-order valence-electron chi connectivity index (χ2n) is 8.26. The van der Waals surface area contributed by atoms with Gasteiger partial charge in [0.05, 0.1) is 14.9 Å². The van der Waals surface area contributed by atoms with Crippen LogP contribution in [0, 0.1) is 0 Å². The molecule has 3 nitrogen and oxygen atoms in total. The van der Waals surface area contributed by atoms with Gasteiger partial charge < -0.3 is 12.3 Å². The Morgan fingerprint density at radius 2 is 0.926 bits per heavy atom. The van der Waals surface area contributed by atoms with E-state index in [9.17, 15) is 0 Å². The molecule has 4 radical (unpaired) electrons. The molecule has 0 aromatic heterocycles. The van der Waals surface area contributed by atoms with Gasteiger partial charge in [0.15, 0.2) is 0 Å². The van der Waals surface area contributed by atoms with Crippen molar-refractivity contribution in [3.05, 3.63) is 60.7 Å². The van der Waals surface area contributed by atoms with Crippen LogP contribution in [0.5, 0.6) is 0 Å². The molecule has 0 saturated heterocycles. The van der Waals surface area contributed by atoms with E-state index in [4.69, 9.17) is 27.2 Å². The molecule has 2 aromatic rings. The molecule has 2 aromatic carbocycles. The molecule has 0 bridgehead atoms. The monoisotopic (exact) mass is 426 g/mol. The highest BCUT2D eigenvalue weighted by Gasteiger charge is 2.50. The molecule has 27 heavy (non-hydrogen) atoms. The Labute approximate surface area is 170 Å². The van der Waals surface area contributed by atoms with Crippen LogP contribution in [-0.4, -0.2) is 48.4 Å². The lowest BCUT2D eigenvalue weighted by atomic mass is 10.4. The number of hydrogen-bond acceptors (Lipinski definition) is 3. The Balaban J connectivity index is 2.65. The molecule has 0 fully saturated rings. The highest BCUT2D eigenvalue weighted by molar-refractivity contribution is 7.18. The molecule has 0 heterocycles. The number of benzene rings is 2. The molecule has 0 aliphatic rings. The first-order valence-electron chi connectivity index (χ1n) is 9.12. The SMILES string of the molecule is [B][Si](C)(C)O[Si](C)(C)O[Si](O[Si]([B])(C)C)(c1ccccc1)c1ccccc1. The lowest BCUT2D eigenvalue weighted by Crippen LogP contribution is -2.71. The van der Waals surface area contributed by atoms with Gasteiger partial charge in [0.25, 0.3) is 0 Å². The van der Waals surface area contributed by atoms with Gasteiger partial charge in [-0.15, -0.1) is 0 Å². The Morgan fingerprint density at radius 3 is 1.26 bits per heavy atom. The van der Waals surface area contributed by atoms with Crippen molar-refractivity contribution in [2.75, 3.05) is 0 Å². The zero-order valence-corrected chi connectivity index (χ0v) is 21.2. The van der Waals surface area contributed by atoms with Crippen LogP contribution in [0.4, 0.5) is 0 Å². The summed E-state index contributed by atoms with van der Waals surface area (Å²) in [5.74, 6) is 0. The molecule has 140 valence electrons. The minimum Gasteiger partial charge on any atom is -0.445 e. The maximum atomic E-state index is 6.89. The third-order valence-corrected chi connectivity index (χ3v) is 16.2. The van der Waals surface area contributed by atoms with Crippen molar-refractivity contribution in [3.63, 3.8) is 0 Å². The maximum absolute atomic E-state index is 6.89. The zero-order valence-electron chi connectivity index (χ0n) is 17.2. The van der Waals surface area contributed by atoms with Crippen molar-refractivity contribution in [3.8, 4) is 0 Å². The van der Waals surface area contributed by atoms with Crippen LogP contribution in [0.15, 0.2) is 60.7 Å². The molecule has 0 amide bonds. The van der Waals surface area contributed by atoms with Crippen molar-refractivity contribution in [1.29, 1.82) is 0 Å². The van der Waals surface area contributed by atoms with Crippen LogP contribution in [-0.2, 0) is 12.3 Å². The fraction of sp³-hybridized carbons (Fsp3) is 0.333. The summed E-state index contributed by atoms with van der Waals surface area (Å²) in [4.78, 5) is 0. The summed E-state index contributed by atoms with van der Waals surface area (Å²) < 4.78 is 19.9. The average Bonchev–Trinajstić information content (AvgIpc) is 2.52. The topological polar surface area (TPSA) is 27.7 Å². The predicted octanol–water partition coefficient (Wildman–Crippen LogP) is 2.74. The highest BCUT2D eigenvalue weighted by atomic mass is 28.5. The van der Waals surface area contributed by atoms with Gasteiger partial charge >= 0.3 is 17.1 Å². The van der Waals surface area contributed by atoms with Crippen molar-refractivity contribution < 1.29 is 12.3 Å². The summed E-state index contributed by atoms with van der Waals surface area (Å²) in [5, 5.41) is 2.06. The second kappa shape index (κ2) is 8.36. The minimum absolute atomic E-state index is 1.03. The van der Waals surface area contributed by atoms with E-state index in [1.54, 1.807) is 0 Å². The average molecular weight is 426 g/mol. The normalized spacial score (nSPS) is 13.6. The van der Waals surface area contributed by atoms with Crippen molar-refractivity contribution >= 4 is 58.7 Å². The van der Waals surface area contributed by atoms with Crippen molar-refractivity contribution in [1.82, 2.24) is 0 Å². The fourth-order valence-corrected chi connectivity index (χ4v) is 18.5. The molecule has 0 saturated carbocycles. The van der Waals surface area contributed by atoms with E-state index in [0.717, 1.165) is 10.4 Å². The Bertz CT molecular complexity index is 692. The zero-order chi connectivity index (χ0) is 20.3. The quantitative estimate of drug-likeness (QED) is 0.608. The van der Waals surface area contributed by atoms with E-state index >= 15 is 0 Å². The van der Waals surface area contributed by atoms with Crippen LogP contribution in [0.1, 0.15) is 0 Å². The van der Waals surface area contributed by atoms with E-state index in [0.29, 0.717) is 0 Å². The van der Waals surface area contributed by atoms with Gasteiger partial charge in [-0.3, -0.25) is 0 Å². The van der Waals surface area contributed by atoms with E-state index < -0.39 is 33.5 Å². The minimum atomic E-state index is -3.08. The standard InChI is InChI=1S/C18H28B2O3Si4/c1-24(2,19)21-26(5,6)23-27(22-25(3,4)20,17-13-9-7-10-14-17)18-15-11-8-12-16-18/h7-16H,1-6H3. The number of rotatable bonds is 8. The van der Waals surface area contributed by atoms with E-state index in [-0.39, 0.29) is 0 Å². The van der Waals surface area contributed by atoms with E-state index in [1.807, 2.05) is 75.7 Å². The lowest BCUT2D eigenvalue weighted by molar-refractivity contribution is 0.348. The molecule has 2 rings (SSSR count). The fourth-order valence-electron chi connectivity index (χ4n) is 3.11. The predicted molar refractivity (Wildman–Crippen MR) is 125 cm³/mol. The maximum Gasteiger partial charge on any atom is 0.387 e. The smallest absolute Gasteiger partial charge is 0.387 e. The van der Waals surface area contributed by atoms with Crippen LogP contribution >= 0.6 is 0 Å². The van der Waals surface area contributed by atoms with Gasteiger partial charge in [-0.1, -0.05) is 86.9 Å². The van der Waals surface area contributed by atoms with Crippen LogP contribution in [0.3, 0.4) is 0 Å². The first kappa shape index (κ1) is 22.6. The third kappa shape index (κ3) is 6.70. The summed E-state index contributed by atoms with van der Waals surface area (Å²) in [6.45, 7) is 12.0. The van der Waals surface area contributed by atoms with E-state index in [2.05, 4.69) is 24.3 Å². The van der Waals surface area contributed by atoms with Gasteiger partial charge in [-0.05, 0) is 23.5 Å². The van der Waals surface area contributed by atoms with Gasteiger partial charge in [0.1, 0.15) is 16.4 Å².